The lowest BCUT2D eigenvalue weighted by Gasteiger charge is -2.26. The van der Waals surface area contributed by atoms with Crippen molar-refractivity contribution in [2.24, 2.45) is 5.92 Å². The highest BCUT2D eigenvalue weighted by Gasteiger charge is 2.34. The van der Waals surface area contributed by atoms with E-state index in [1.165, 1.54) is 0 Å². The minimum Gasteiger partial charge on any atom is -0.478 e. The van der Waals surface area contributed by atoms with Gasteiger partial charge in [0.25, 0.3) is 0 Å². The molecule has 0 aliphatic carbocycles. The Morgan fingerprint density at radius 1 is 1.40 bits per heavy atom. The second-order valence-corrected chi connectivity index (χ2v) is 4.80. The zero-order chi connectivity index (χ0) is 15.5. The number of alkyl halides is 3. The van der Waals surface area contributed by atoms with Crippen molar-refractivity contribution in [1.82, 2.24) is 4.98 Å². The van der Waals surface area contributed by atoms with Gasteiger partial charge < -0.3 is 10.0 Å². The zero-order valence-corrected chi connectivity index (χ0v) is 11.5. The number of carboxylic acid groups (broad SMARTS) is 1. The Morgan fingerprint density at radius 2 is 2.00 bits per heavy atom. The fourth-order valence-corrected chi connectivity index (χ4v) is 1.82. The largest absolute Gasteiger partial charge is 0.478 e. The number of halogens is 3. The van der Waals surface area contributed by atoms with Crippen molar-refractivity contribution in [2.75, 3.05) is 18.0 Å². The number of anilines is 1. The van der Waals surface area contributed by atoms with E-state index in [1.807, 2.05) is 13.8 Å². The van der Waals surface area contributed by atoms with Crippen LogP contribution in [-0.2, 0) is 6.18 Å². The van der Waals surface area contributed by atoms with E-state index in [4.69, 9.17) is 5.11 Å². The van der Waals surface area contributed by atoms with Crippen molar-refractivity contribution in [2.45, 2.75) is 26.9 Å². The Labute approximate surface area is 115 Å². The summed E-state index contributed by atoms with van der Waals surface area (Å²) >= 11 is 0. The summed E-state index contributed by atoms with van der Waals surface area (Å²) in [4.78, 5) is 16.2. The molecule has 1 aromatic heterocycles. The van der Waals surface area contributed by atoms with E-state index >= 15 is 0 Å². The molecule has 0 atom stereocenters. The fourth-order valence-electron chi connectivity index (χ4n) is 1.82. The molecule has 0 aromatic carbocycles. The van der Waals surface area contributed by atoms with Crippen molar-refractivity contribution in [3.05, 3.63) is 23.4 Å². The molecule has 0 amide bonds. The molecule has 0 aliphatic heterocycles. The normalized spacial score (nSPS) is 11.8. The van der Waals surface area contributed by atoms with Gasteiger partial charge in [-0.05, 0) is 25.0 Å². The topological polar surface area (TPSA) is 53.4 Å². The van der Waals surface area contributed by atoms with Crippen LogP contribution >= 0.6 is 0 Å². The first-order valence-corrected chi connectivity index (χ1v) is 6.23. The Kier molecular flexibility index (Phi) is 4.97. The van der Waals surface area contributed by atoms with Gasteiger partial charge in [0.05, 0.1) is 0 Å². The quantitative estimate of drug-likeness (QED) is 0.904. The molecule has 20 heavy (non-hydrogen) atoms. The lowest BCUT2D eigenvalue weighted by atomic mass is 10.1. The van der Waals surface area contributed by atoms with Gasteiger partial charge >= 0.3 is 12.1 Å². The van der Waals surface area contributed by atoms with Crippen LogP contribution in [0.5, 0.6) is 0 Å². The number of pyridine rings is 1. The van der Waals surface area contributed by atoms with E-state index < -0.39 is 17.8 Å². The molecule has 0 unspecified atom stereocenters. The Morgan fingerprint density at radius 3 is 2.40 bits per heavy atom. The summed E-state index contributed by atoms with van der Waals surface area (Å²) < 4.78 is 38.1. The summed E-state index contributed by atoms with van der Waals surface area (Å²) in [5, 5.41) is 9.09. The molecule has 1 N–H and O–H groups in total. The Balaban J connectivity index is 3.34. The summed E-state index contributed by atoms with van der Waals surface area (Å²) in [5.41, 5.74) is -1.31. The van der Waals surface area contributed by atoms with Gasteiger partial charge in [-0.1, -0.05) is 13.8 Å². The number of hydrogen-bond donors (Lipinski definition) is 1. The third-order valence-electron chi connectivity index (χ3n) is 2.66. The number of aromatic nitrogens is 1. The molecule has 0 aliphatic rings. The van der Waals surface area contributed by atoms with E-state index in [2.05, 4.69) is 4.98 Å². The maximum absolute atomic E-state index is 12.7. The number of carboxylic acids is 1. The molecule has 0 spiro atoms. The minimum absolute atomic E-state index is 0.136. The summed E-state index contributed by atoms with van der Waals surface area (Å²) in [6, 6.07) is 1.65. The molecule has 0 radical (unpaired) electrons. The van der Waals surface area contributed by atoms with Gasteiger partial charge in [-0.15, -0.1) is 0 Å². The van der Waals surface area contributed by atoms with E-state index in [-0.39, 0.29) is 17.3 Å². The fraction of sp³-hybridized carbons (Fsp3) is 0.538. The van der Waals surface area contributed by atoms with Crippen molar-refractivity contribution >= 4 is 11.8 Å². The lowest BCUT2D eigenvalue weighted by Crippen LogP contribution is -2.30. The second kappa shape index (κ2) is 6.11. The van der Waals surface area contributed by atoms with Gasteiger partial charge in [-0.2, -0.15) is 13.2 Å². The summed E-state index contributed by atoms with van der Waals surface area (Å²) in [7, 11) is 0. The predicted octanol–water partition coefficient (Wildman–Crippen LogP) is 3.28. The van der Waals surface area contributed by atoms with Crippen molar-refractivity contribution in [3.8, 4) is 0 Å². The molecular weight excluding hydrogens is 273 g/mol. The maximum Gasteiger partial charge on any atom is 0.433 e. The van der Waals surface area contributed by atoms with Gasteiger partial charge in [0, 0.05) is 13.1 Å². The van der Waals surface area contributed by atoms with E-state index in [9.17, 15) is 18.0 Å². The van der Waals surface area contributed by atoms with Crippen LogP contribution in [0, 0.1) is 5.92 Å². The number of carbonyl (C=O) groups is 1. The molecule has 1 aromatic rings. The molecule has 4 nitrogen and oxygen atoms in total. The zero-order valence-electron chi connectivity index (χ0n) is 11.5. The maximum atomic E-state index is 12.7. The van der Waals surface area contributed by atoms with Crippen LogP contribution in [-0.4, -0.2) is 29.1 Å². The van der Waals surface area contributed by atoms with E-state index in [0.29, 0.717) is 19.2 Å². The lowest BCUT2D eigenvalue weighted by molar-refractivity contribution is -0.141. The highest BCUT2D eigenvalue weighted by atomic mass is 19.4. The van der Waals surface area contributed by atoms with Crippen LogP contribution in [0.1, 0.15) is 36.8 Å². The van der Waals surface area contributed by atoms with Crippen molar-refractivity contribution in [1.29, 1.82) is 0 Å². The van der Waals surface area contributed by atoms with Gasteiger partial charge in [0.15, 0.2) is 0 Å². The van der Waals surface area contributed by atoms with Gasteiger partial charge in [-0.3, -0.25) is 0 Å². The summed E-state index contributed by atoms with van der Waals surface area (Å²) in [6.07, 6.45) is -4.59. The Bertz CT molecular complexity index is 487. The predicted molar refractivity (Wildman–Crippen MR) is 68.9 cm³/mol. The van der Waals surface area contributed by atoms with Crippen LogP contribution in [0.3, 0.4) is 0 Å². The van der Waals surface area contributed by atoms with Gasteiger partial charge in [0.1, 0.15) is 17.1 Å². The third-order valence-corrected chi connectivity index (χ3v) is 2.66. The highest BCUT2D eigenvalue weighted by Crippen LogP contribution is 2.30. The molecule has 0 saturated carbocycles. The van der Waals surface area contributed by atoms with Crippen LogP contribution in [0.4, 0.5) is 19.0 Å². The minimum atomic E-state index is -4.59. The SMILES string of the molecule is CCN(CC(C)C)c1nc(C(F)(F)F)ccc1C(=O)O. The molecule has 1 rings (SSSR count). The number of nitrogens with zero attached hydrogens (tertiary/aromatic N) is 2. The van der Waals surface area contributed by atoms with E-state index in [1.54, 1.807) is 11.8 Å². The molecule has 0 saturated heterocycles. The van der Waals surface area contributed by atoms with Crippen molar-refractivity contribution in [3.63, 3.8) is 0 Å². The van der Waals surface area contributed by atoms with Gasteiger partial charge in [0.2, 0.25) is 0 Å². The summed E-state index contributed by atoms with van der Waals surface area (Å²) in [5.74, 6) is -1.25. The number of rotatable bonds is 5. The molecule has 0 bridgehead atoms. The standard InChI is InChI=1S/C13H17F3N2O2/c1-4-18(7-8(2)3)11-9(12(19)20)5-6-10(17-11)13(14,15)16/h5-6,8H,4,7H2,1-3H3,(H,19,20). The molecular formula is C13H17F3N2O2. The number of hydrogen-bond acceptors (Lipinski definition) is 3. The Hall–Kier alpha value is -1.79. The van der Waals surface area contributed by atoms with Crippen LogP contribution in [0.15, 0.2) is 12.1 Å². The first-order valence-electron chi connectivity index (χ1n) is 6.23. The third kappa shape index (κ3) is 3.85. The highest BCUT2D eigenvalue weighted by molar-refractivity contribution is 5.93. The van der Waals surface area contributed by atoms with Crippen molar-refractivity contribution < 1.29 is 23.1 Å². The smallest absolute Gasteiger partial charge is 0.433 e. The van der Waals surface area contributed by atoms with Crippen LogP contribution in [0.2, 0.25) is 0 Å². The van der Waals surface area contributed by atoms with Crippen LogP contribution < -0.4 is 4.90 Å². The first kappa shape index (κ1) is 16.3. The van der Waals surface area contributed by atoms with Gasteiger partial charge in [-0.25, -0.2) is 9.78 Å². The average molecular weight is 290 g/mol. The monoisotopic (exact) mass is 290 g/mol. The van der Waals surface area contributed by atoms with Crippen LogP contribution in [0.25, 0.3) is 0 Å². The van der Waals surface area contributed by atoms with E-state index in [0.717, 1.165) is 6.07 Å². The average Bonchev–Trinajstić information content (AvgIpc) is 2.33. The molecule has 0 fully saturated rings. The summed E-state index contributed by atoms with van der Waals surface area (Å²) in [6.45, 7) is 6.36. The second-order valence-electron chi connectivity index (χ2n) is 4.80. The first-order chi connectivity index (χ1) is 9.16. The number of aromatic carboxylic acids is 1. The molecule has 112 valence electrons. The molecule has 1 heterocycles. The molecule has 7 heteroatoms.